The van der Waals surface area contributed by atoms with Crippen LogP contribution in [0.15, 0.2) is 30.5 Å². The number of para-hydroxylation sites is 1. The van der Waals surface area contributed by atoms with Crippen LogP contribution in [0.4, 0.5) is 0 Å². The molecule has 0 aliphatic heterocycles. The van der Waals surface area contributed by atoms with E-state index in [9.17, 15) is 9.59 Å². The number of nitrogens with zero attached hydrogens (tertiary/aromatic N) is 4. The number of amides is 1. The summed E-state index contributed by atoms with van der Waals surface area (Å²) in [5.41, 5.74) is 0.807. The van der Waals surface area contributed by atoms with Crippen LogP contribution in [-0.2, 0) is 4.79 Å². The standard InChI is InChI=1S/C16H17ClN4O3/c1-10(16(23)24)8-20(11-6-7-11)15(22)13-9-21(19-18-13)14-5-3-2-4-12(14)17/h2-5,9-11H,6-8H2,1H3,(H,23,24). The topological polar surface area (TPSA) is 88.3 Å². The van der Waals surface area contributed by atoms with Crippen molar-refractivity contribution in [1.29, 1.82) is 0 Å². The lowest BCUT2D eigenvalue weighted by Gasteiger charge is -2.23. The maximum absolute atomic E-state index is 12.7. The average molecular weight is 349 g/mol. The van der Waals surface area contributed by atoms with Gasteiger partial charge in [0.25, 0.3) is 5.91 Å². The predicted molar refractivity (Wildman–Crippen MR) is 87.2 cm³/mol. The fourth-order valence-electron chi connectivity index (χ4n) is 2.42. The Hall–Kier alpha value is -2.41. The van der Waals surface area contributed by atoms with Crippen molar-refractivity contribution < 1.29 is 14.7 Å². The Bertz CT molecular complexity index is 772. The fraction of sp³-hybridized carbons (Fsp3) is 0.375. The number of carboxylic acids is 1. The SMILES string of the molecule is CC(CN(C(=O)c1cn(-c2ccccc2Cl)nn1)C1CC1)C(=O)O. The van der Waals surface area contributed by atoms with Crippen LogP contribution in [0.3, 0.4) is 0 Å². The lowest BCUT2D eigenvalue weighted by Crippen LogP contribution is -2.38. The molecule has 7 nitrogen and oxygen atoms in total. The molecule has 1 aromatic heterocycles. The van der Waals surface area contributed by atoms with Gasteiger partial charge in [-0.15, -0.1) is 5.10 Å². The molecule has 8 heteroatoms. The largest absolute Gasteiger partial charge is 0.481 e. The van der Waals surface area contributed by atoms with Gasteiger partial charge < -0.3 is 10.0 Å². The van der Waals surface area contributed by atoms with Crippen LogP contribution in [-0.4, -0.2) is 49.5 Å². The van der Waals surface area contributed by atoms with Gasteiger partial charge in [-0.2, -0.15) is 0 Å². The molecule has 1 atom stereocenters. The Morgan fingerprint density at radius 1 is 1.42 bits per heavy atom. The molecule has 3 rings (SSSR count). The first-order chi connectivity index (χ1) is 11.5. The Kier molecular flexibility index (Phi) is 4.53. The maximum Gasteiger partial charge on any atom is 0.308 e. The van der Waals surface area contributed by atoms with Gasteiger partial charge in [0.15, 0.2) is 5.69 Å². The number of carbonyl (C=O) groups excluding carboxylic acids is 1. The van der Waals surface area contributed by atoms with Crippen molar-refractivity contribution in [2.45, 2.75) is 25.8 Å². The summed E-state index contributed by atoms with van der Waals surface area (Å²) in [5.74, 6) is -1.86. The van der Waals surface area contributed by atoms with Crippen molar-refractivity contribution in [3.63, 3.8) is 0 Å². The third-order valence-electron chi connectivity index (χ3n) is 3.95. The van der Waals surface area contributed by atoms with Gasteiger partial charge in [0.1, 0.15) is 0 Å². The van der Waals surface area contributed by atoms with E-state index in [4.69, 9.17) is 16.7 Å². The van der Waals surface area contributed by atoms with E-state index in [1.807, 2.05) is 6.07 Å². The van der Waals surface area contributed by atoms with E-state index >= 15 is 0 Å². The summed E-state index contributed by atoms with van der Waals surface area (Å²) >= 11 is 6.13. The van der Waals surface area contributed by atoms with Crippen LogP contribution in [0.25, 0.3) is 5.69 Å². The molecule has 0 saturated heterocycles. The number of carbonyl (C=O) groups is 2. The molecule has 1 unspecified atom stereocenters. The second kappa shape index (κ2) is 6.60. The molecule has 1 heterocycles. The first-order valence-electron chi connectivity index (χ1n) is 7.68. The second-order valence-electron chi connectivity index (χ2n) is 5.93. The van der Waals surface area contributed by atoms with Crippen molar-refractivity contribution in [3.8, 4) is 5.69 Å². The minimum atomic E-state index is -0.923. The van der Waals surface area contributed by atoms with Crippen molar-refractivity contribution >= 4 is 23.5 Å². The number of carboxylic acid groups (broad SMARTS) is 1. The molecular weight excluding hydrogens is 332 g/mol. The minimum absolute atomic E-state index is 0.0877. The van der Waals surface area contributed by atoms with E-state index in [0.29, 0.717) is 10.7 Å². The number of hydrogen-bond acceptors (Lipinski definition) is 4. The zero-order valence-electron chi connectivity index (χ0n) is 13.1. The molecule has 1 amide bonds. The monoisotopic (exact) mass is 348 g/mol. The molecule has 1 aliphatic carbocycles. The minimum Gasteiger partial charge on any atom is -0.481 e. The highest BCUT2D eigenvalue weighted by molar-refractivity contribution is 6.32. The van der Waals surface area contributed by atoms with Crippen molar-refractivity contribution in [1.82, 2.24) is 19.9 Å². The highest BCUT2D eigenvalue weighted by Gasteiger charge is 2.36. The van der Waals surface area contributed by atoms with E-state index in [-0.39, 0.29) is 24.2 Å². The van der Waals surface area contributed by atoms with E-state index in [0.717, 1.165) is 12.8 Å². The fourth-order valence-corrected chi connectivity index (χ4v) is 2.64. The summed E-state index contributed by atoms with van der Waals surface area (Å²) in [6, 6.07) is 7.21. The summed E-state index contributed by atoms with van der Waals surface area (Å²) in [5, 5.41) is 17.5. The number of hydrogen-bond donors (Lipinski definition) is 1. The third-order valence-corrected chi connectivity index (χ3v) is 4.27. The van der Waals surface area contributed by atoms with Crippen LogP contribution < -0.4 is 0 Å². The zero-order valence-corrected chi connectivity index (χ0v) is 13.8. The molecule has 126 valence electrons. The number of rotatable bonds is 6. The molecule has 1 aromatic carbocycles. The van der Waals surface area contributed by atoms with Gasteiger partial charge in [0, 0.05) is 12.6 Å². The number of halogens is 1. The molecule has 1 saturated carbocycles. The molecule has 2 aromatic rings. The molecule has 1 aliphatic rings. The number of benzene rings is 1. The normalized spacial score (nSPS) is 15.1. The molecule has 0 radical (unpaired) electrons. The lowest BCUT2D eigenvalue weighted by molar-refractivity contribution is -0.141. The Labute approximate surface area is 143 Å². The zero-order chi connectivity index (χ0) is 17.3. The van der Waals surface area contributed by atoms with Crippen LogP contribution in [0.1, 0.15) is 30.3 Å². The van der Waals surface area contributed by atoms with Gasteiger partial charge in [-0.05, 0) is 25.0 Å². The van der Waals surface area contributed by atoms with Gasteiger partial charge in [-0.1, -0.05) is 35.9 Å². The maximum atomic E-state index is 12.7. The Morgan fingerprint density at radius 2 is 2.12 bits per heavy atom. The second-order valence-corrected chi connectivity index (χ2v) is 6.33. The van der Waals surface area contributed by atoms with E-state index in [1.165, 1.54) is 10.9 Å². The smallest absolute Gasteiger partial charge is 0.308 e. The van der Waals surface area contributed by atoms with Crippen LogP contribution in [0.5, 0.6) is 0 Å². The number of aliphatic carboxylic acids is 1. The van der Waals surface area contributed by atoms with Crippen LogP contribution in [0, 0.1) is 5.92 Å². The van der Waals surface area contributed by atoms with Crippen LogP contribution in [0.2, 0.25) is 5.02 Å². The summed E-state index contributed by atoms with van der Waals surface area (Å²) in [4.78, 5) is 25.4. The lowest BCUT2D eigenvalue weighted by atomic mass is 10.1. The molecule has 24 heavy (non-hydrogen) atoms. The highest BCUT2D eigenvalue weighted by atomic mass is 35.5. The van der Waals surface area contributed by atoms with E-state index < -0.39 is 11.9 Å². The number of aromatic nitrogens is 3. The molecular formula is C16H17ClN4O3. The summed E-state index contributed by atoms with van der Waals surface area (Å²) in [6.07, 6.45) is 3.29. The van der Waals surface area contributed by atoms with Crippen molar-refractivity contribution in [3.05, 3.63) is 41.2 Å². The summed E-state index contributed by atoms with van der Waals surface area (Å²) < 4.78 is 1.45. The molecule has 0 spiro atoms. The summed E-state index contributed by atoms with van der Waals surface area (Å²) in [6.45, 7) is 1.75. The highest BCUT2D eigenvalue weighted by Crippen LogP contribution is 2.29. The first-order valence-corrected chi connectivity index (χ1v) is 8.06. The molecule has 1 fully saturated rings. The van der Waals surface area contributed by atoms with Gasteiger partial charge >= 0.3 is 5.97 Å². The van der Waals surface area contributed by atoms with Crippen molar-refractivity contribution in [2.75, 3.05) is 6.54 Å². The average Bonchev–Trinajstić information content (AvgIpc) is 3.28. The molecule has 1 N–H and O–H groups in total. The van der Waals surface area contributed by atoms with Gasteiger partial charge in [0.2, 0.25) is 0 Å². The predicted octanol–water partition coefficient (Wildman–Crippen LogP) is 2.25. The Balaban J connectivity index is 1.81. The van der Waals surface area contributed by atoms with Crippen molar-refractivity contribution in [2.24, 2.45) is 5.92 Å². The Morgan fingerprint density at radius 3 is 2.75 bits per heavy atom. The third kappa shape index (κ3) is 3.41. The first kappa shape index (κ1) is 16.4. The van der Waals surface area contributed by atoms with Crippen LogP contribution >= 0.6 is 11.6 Å². The molecule has 0 bridgehead atoms. The van der Waals surface area contributed by atoms with Gasteiger partial charge in [0.05, 0.1) is 22.8 Å². The van der Waals surface area contributed by atoms with Gasteiger partial charge in [-0.3, -0.25) is 9.59 Å². The van der Waals surface area contributed by atoms with Gasteiger partial charge in [-0.25, -0.2) is 4.68 Å². The van der Waals surface area contributed by atoms with E-state index in [1.54, 1.807) is 30.0 Å². The quantitative estimate of drug-likeness (QED) is 0.864. The van der Waals surface area contributed by atoms with E-state index in [2.05, 4.69) is 10.3 Å². The summed E-state index contributed by atoms with van der Waals surface area (Å²) in [7, 11) is 0.